The lowest BCUT2D eigenvalue weighted by atomic mass is 9.68. The van der Waals surface area contributed by atoms with Crippen LogP contribution in [0, 0.1) is 28.1 Å². The maximum absolute atomic E-state index is 12.9. The second-order valence-electron chi connectivity index (χ2n) is 10.6. The maximum Gasteiger partial charge on any atom is 0.312 e. The summed E-state index contributed by atoms with van der Waals surface area (Å²) >= 11 is 0. The van der Waals surface area contributed by atoms with Gasteiger partial charge >= 0.3 is 5.97 Å². The zero-order valence-corrected chi connectivity index (χ0v) is 17.1. The third kappa shape index (κ3) is 5.80. The van der Waals surface area contributed by atoms with Gasteiger partial charge in [0.2, 0.25) is 0 Å². The molecular weight excluding hydrogens is 284 g/mol. The Balaban J connectivity index is 2.67. The monoisotopic (exact) mass is 324 g/mol. The fourth-order valence-corrected chi connectivity index (χ4v) is 3.95. The molecule has 0 aromatic rings. The van der Waals surface area contributed by atoms with Gasteiger partial charge in [-0.2, -0.15) is 0 Å². The minimum Gasteiger partial charge on any atom is -0.462 e. The van der Waals surface area contributed by atoms with Crippen molar-refractivity contribution < 1.29 is 9.53 Å². The summed E-state index contributed by atoms with van der Waals surface area (Å²) in [5.41, 5.74) is 0.106. The first-order valence-corrected chi connectivity index (χ1v) is 9.47. The highest BCUT2D eigenvalue weighted by Crippen LogP contribution is 2.42. The van der Waals surface area contributed by atoms with Gasteiger partial charge in [0.05, 0.1) is 5.41 Å². The predicted molar refractivity (Wildman–Crippen MR) is 98.3 cm³/mol. The molecule has 23 heavy (non-hydrogen) atoms. The summed E-state index contributed by atoms with van der Waals surface area (Å²) in [6.45, 7) is 20.0. The Morgan fingerprint density at radius 3 is 1.78 bits per heavy atom. The van der Waals surface area contributed by atoms with Gasteiger partial charge in [-0.05, 0) is 61.7 Å². The number of carbonyl (C=O) groups excluding carboxylic acids is 1. The largest absolute Gasteiger partial charge is 0.462 e. The topological polar surface area (TPSA) is 26.3 Å². The number of hydrogen-bond donors (Lipinski definition) is 0. The zero-order chi connectivity index (χ0) is 18.1. The summed E-state index contributed by atoms with van der Waals surface area (Å²) < 4.78 is 5.99. The lowest BCUT2D eigenvalue weighted by Gasteiger charge is -2.40. The number of carbonyl (C=O) groups is 1. The molecule has 0 spiro atoms. The van der Waals surface area contributed by atoms with Crippen LogP contribution < -0.4 is 0 Å². The Kier molecular flexibility index (Phi) is 6.38. The zero-order valence-electron chi connectivity index (χ0n) is 17.1. The molecule has 0 N–H and O–H groups in total. The van der Waals surface area contributed by atoms with Gasteiger partial charge in [0.1, 0.15) is 6.10 Å². The standard InChI is InChI=1S/C21H40O2/c1-15(2)21(9,14-19(3,4)5)18(22)23-17-12-10-16(11-13-17)20(6,7)8/h15-17H,10-14H2,1-9H3. The van der Waals surface area contributed by atoms with E-state index in [1.54, 1.807) is 0 Å². The van der Waals surface area contributed by atoms with Crippen LogP contribution in [0.5, 0.6) is 0 Å². The van der Waals surface area contributed by atoms with Crippen molar-refractivity contribution in [3.8, 4) is 0 Å². The Labute approximate surface area is 144 Å². The van der Waals surface area contributed by atoms with E-state index in [0.717, 1.165) is 25.2 Å². The van der Waals surface area contributed by atoms with Gasteiger partial charge in [-0.25, -0.2) is 0 Å². The molecule has 0 aromatic heterocycles. The lowest BCUT2D eigenvalue weighted by Crippen LogP contribution is -2.41. The molecule has 0 aromatic carbocycles. The van der Waals surface area contributed by atoms with Crippen LogP contribution in [0.4, 0.5) is 0 Å². The Morgan fingerprint density at radius 1 is 0.957 bits per heavy atom. The van der Waals surface area contributed by atoms with Crippen LogP contribution in [0.2, 0.25) is 0 Å². The number of hydrogen-bond acceptors (Lipinski definition) is 2. The van der Waals surface area contributed by atoms with Crippen LogP contribution in [0.25, 0.3) is 0 Å². The van der Waals surface area contributed by atoms with E-state index < -0.39 is 0 Å². The molecule has 1 atom stereocenters. The summed E-state index contributed by atoms with van der Waals surface area (Å²) in [5.74, 6) is 1.06. The van der Waals surface area contributed by atoms with Crippen molar-refractivity contribution in [3.63, 3.8) is 0 Å². The highest BCUT2D eigenvalue weighted by molar-refractivity contribution is 5.77. The summed E-state index contributed by atoms with van der Waals surface area (Å²) in [4.78, 5) is 12.9. The lowest BCUT2D eigenvalue weighted by molar-refractivity contribution is -0.168. The van der Waals surface area contributed by atoms with E-state index in [1.165, 1.54) is 12.8 Å². The van der Waals surface area contributed by atoms with Gasteiger partial charge in [0, 0.05) is 0 Å². The molecule has 136 valence electrons. The van der Waals surface area contributed by atoms with Crippen molar-refractivity contribution in [2.75, 3.05) is 0 Å². The molecule has 2 nitrogen and oxygen atoms in total. The van der Waals surface area contributed by atoms with Gasteiger partial charge in [-0.3, -0.25) is 4.79 Å². The Morgan fingerprint density at radius 2 is 1.43 bits per heavy atom. The smallest absolute Gasteiger partial charge is 0.312 e. The fourth-order valence-electron chi connectivity index (χ4n) is 3.95. The highest BCUT2D eigenvalue weighted by atomic mass is 16.5. The van der Waals surface area contributed by atoms with Crippen LogP contribution in [0.3, 0.4) is 0 Å². The van der Waals surface area contributed by atoms with Crippen molar-refractivity contribution in [1.82, 2.24) is 0 Å². The molecule has 1 aliphatic carbocycles. The van der Waals surface area contributed by atoms with Gasteiger partial charge < -0.3 is 4.74 Å². The first-order valence-electron chi connectivity index (χ1n) is 9.47. The summed E-state index contributed by atoms with van der Waals surface area (Å²) in [5, 5.41) is 0. The Hall–Kier alpha value is -0.530. The average Bonchev–Trinajstić information content (AvgIpc) is 2.35. The van der Waals surface area contributed by atoms with E-state index in [1.807, 2.05) is 0 Å². The molecule has 0 bridgehead atoms. The van der Waals surface area contributed by atoms with Gasteiger partial charge in [-0.1, -0.05) is 55.4 Å². The predicted octanol–water partition coefficient (Wildman–Crippen LogP) is 6.23. The van der Waals surface area contributed by atoms with Crippen molar-refractivity contribution in [3.05, 3.63) is 0 Å². The second kappa shape index (κ2) is 7.15. The number of ether oxygens (including phenoxy) is 1. The van der Waals surface area contributed by atoms with Crippen molar-refractivity contribution in [2.24, 2.45) is 28.1 Å². The first-order chi connectivity index (χ1) is 10.3. The molecule has 0 amide bonds. The van der Waals surface area contributed by atoms with Gasteiger partial charge in [-0.15, -0.1) is 0 Å². The van der Waals surface area contributed by atoms with Crippen molar-refractivity contribution in [2.45, 2.75) is 101 Å². The molecule has 1 aliphatic rings. The molecule has 1 rings (SSSR count). The number of esters is 1. The van der Waals surface area contributed by atoms with E-state index in [0.29, 0.717) is 11.3 Å². The van der Waals surface area contributed by atoms with Crippen LogP contribution in [0.1, 0.15) is 94.4 Å². The van der Waals surface area contributed by atoms with Crippen LogP contribution in [-0.4, -0.2) is 12.1 Å². The van der Waals surface area contributed by atoms with E-state index in [4.69, 9.17) is 4.74 Å². The minimum atomic E-state index is -0.390. The molecule has 0 saturated heterocycles. The average molecular weight is 325 g/mol. The fraction of sp³-hybridized carbons (Fsp3) is 0.952. The quantitative estimate of drug-likeness (QED) is 0.573. The van der Waals surface area contributed by atoms with Crippen LogP contribution in [0.15, 0.2) is 0 Å². The molecule has 0 aliphatic heterocycles. The second-order valence-corrected chi connectivity index (χ2v) is 10.6. The molecular formula is C21H40O2. The van der Waals surface area contributed by atoms with E-state index in [-0.39, 0.29) is 22.9 Å². The SMILES string of the molecule is CC(C)C(C)(CC(C)(C)C)C(=O)OC1CCC(C(C)(C)C)CC1. The van der Waals surface area contributed by atoms with E-state index in [9.17, 15) is 4.79 Å². The third-order valence-electron chi connectivity index (χ3n) is 5.81. The summed E-state index contributed by atoms with van der Waals surface area (Å²) in [6, 6.07) is 0. The molecule has 1 fully saturated rings. The number of rotatable bonds is 4. The minimum absolute atomic E-state index is 0.0154. The van der Waals surface area contributed by atoms with Gasteiger partial charge in [0.15, 0.2) is 0 Å². The van der Waals surface area contributed by atoms with E-state index in [2.05, 4.69) is 62.3 Å². The first kappa shape index (κ1) is 20.5. The van der Waals surface area contributed by atoms with Gasteiger partial charge in [0.25, 0.3) is 0 Å². The van der Waals surface area contributed by atoms with E-state index >= 15 is 0 Å². The summed E-state index contributed by atoms with van der Waals surface area (Å²) in [6.07, 6.45) is 5.40. The molecule has 1 saturated carbocycles. The van der Waals surface area contributed by atoms with Crippen LogP contribution in [-0.2, 0) is 9.53 Å². The molecule has 1 unspecified atom stereocenters. The van der Waals surface area contributed by atoms with Crippen molar-refractivity contribution >= 4 is 5.97 Å². The normalized spacial score (nSPS) is 26.0. The Bertz CT molecular complexity index is 389. The highest BCUT2D eigenvalue weighted by Gasteiger charge is 2.42. The molecule has 0 radical (unpaired) electrons. The maximum atomic E-state index is 12.9. The third-order valence-corrected chi connectivity index (χ3v) is 5.81. The molecule has 2 heteroatoms. The van der Waals surface area contributed by atoms with Crippen molar-refractivity contribution in [1.29, 1.82) is 0 Å². The summed E-state index contributed by atoms with van der Waals surface area (Å²) in [7, 11) is 0. The molecule has 0 heterocycles. The van der Waals surface area contributed by atoms with Crippen LogP contribution >= 0.6 is 0 Å².